The molecule has 1 aromatic heterocycles. The van der Waals surface area contributed by atoms with E-state index in [9.17, 15) is 9.59 Å². The van der Waals surface area contributed by atoms with Gasteiger partial charge in [-0.3, -0.25) is 9.59 Å². The minimum absolute atomic E-state index is 0.132. The first-order chi connectivity index (χ1) is 12.1. The fourth-order valence-corrected chi connectivity index (χ4v) is 2.75. The van der Waals surface area contributed by atoms with Crippen LogP contribution in [0.1, 0.15) is 16.8 Å². The topological polar surface area (TPSA) is 71.2 Å². The summed E-state index contributed by atoms with van der Waals surface area (Å²) in [6.07, 6.45) is 0.224. The maximum atomic E-state index is 12.2. The number of benzene rings is 2. The molecule has 3 rings (SSSR count). The molecule has 0 atom stereocenters. The molecule has 0 aliphatic rings. The molecular formula is C20H20N2O3. The van der Waals surface area contributed by atoms with Crippen LogP contribution in [-0.2, 0) is 27.4 Å². The maximum absolute atomic E-state index is 12.2. The molecular weight excluding hydrogens is 316 g/mol. The Labute approximate surface area is 146 Å². The van der Waals surface area contributed by atoms with Crippen molar-refractivity contribution in [1.29, 1.82) is 0 Å². The number of rotatable bonds is 6. The maximum Gasteiger partial charge on any atom is 0.325 e. The molecule has 128 valence electrons. The number of aromatic amines is 1. The van der Waals surface area contributed by atoms with Gasteiger partial charge < -0.3 is 15.0 Å². The van der Waals surface area contributed by atoms with Gasteiger partial charge >= 0.3 is 5.97 Å². The molecule has 0 spiro atoms. The Balaban J connectivity index is 1.50. The number of hydrogen-bond acceptors (Lipinski definition) is 3. The molecule has 0 bridgehead atoms. The number of fused-ring (bicyclic) bond motifs is 1. The molecule has 0 aliphatic carbocycles. The molecule has 0 fully saturated rings. The second kappa shape index (κ2) is 7.66. The lowest BCUT2D eigenvalue weighted by Crippen LogP contribution is -2.31. The molecule has 0 unspecified atom stereocenters. The van der Waals surface area contributed by atoms with E-state index < -0.39 is 5.97 Å². The Hall–Kier alpha value is -3.08. The van der Waals surface area contributed by atoms with Gasteiger partial charge in [0.05, 0.1) is 6.42 Å². The molecule has 2 aromatic carbocycles. The van der Waals surface area contributed by atoms with Gasteiger partial charge in [0.2, 0.25) is 5.91 Å². The number of carbonyl (C=O) groups is 2. The van der Waals surface area contributed by atoms with E-state index in [1.54, 1.807) is 0 Å². The van der Waals surface area contributed by atoms with Crippen molar-refractivity contribution in [2.24, 2.45) is 0 Å². The van der Waals surface area contributed by atoms with Crippen LogP contribution in [0.15, 0.2) is 54.6 Å². The lowest BCUT2D eigenvalue weighted by Gasteiger charge is -2.07. The van der Waals surface area contributed by atoms with E-state index in [0.717, 1.165) is 27.7 Å². The highest BCUT2D eigenvalue weighted by Crippen LogP contribution is 2.22. The van der Waals surface area contributed by atoms with Crippen LogP contribution in [0.2, 0.25) is 0 Å². The molecule has 25 heavy (non-hydrogen) atoms. The average molecular weight is 336 g/mol. The molecule has 5 heteroatoms. The first-order valence-corrected chi connectivity index (χ1v) is 8.16. The van der Waals surface area contributed by atoms with Gasteiger partial charge in [-0.25, -0.2) is 0 Å². The zero-order valence-corrected chi connectivity index (χ0v) is 14.0. The molecule has 0 aliphatic heterocycles. The van der Waals surface area contributed by atoms with Crippen LogP contribution < -0.4 is 5.32 Å². The number of carbonyl (C=O) groups excluding carboxylic acids is 2. The highest BCUT2D eigenvalue weighted by molar-refractivity contribution is 5.91. The van der Waals surface area contributed by atoms with E-state index in [2.05, 4.69) is 10.3 Å². The van der Waals surface area contributed by atoms with Crippen molar-refractivity contribution in [1.82, 2.24) is 10.3 Å². The van der Waals surface area contributed by atoms with E-state index in [0.29, 0.717) is 0 Å². The molecule has 1 amide bonds. The van der Waals surface area contributed by atoms with E-state index in [1.165, 1.54) is 0 Å². The summed E-state index contributed by atoms with van der Waals surface area (Å²) in [4.78, 5) is 27.2. The van der Waals surface area contributed by atoms with Gasteiger partial charge in [-0.15, -0.1) is 0 Å². The molecule has 1 heterocycles. The molecule has 3 aromatic rings. The van der Waals surface area contributed by atoms with E-state index in [4.69, 9.17) is 4.74 Å². The summed E-state index contributed by atoms with van der Waals surface area (Å²) in [5, 5.41) is 3.65. The van der Waals surface area contributed by atoms with Crippen molar-refractivity contribution >= 4 is 22.8 Å². The normalized spacial score (nSPS) is 10.6. The summed E-state index contributed by atoms with van der Waals surface area (Å²) in [6.45, 7) is 2.01. The third-order valence-corrected chi connectivity index (χ3v) is 4.04. The SMILES string of the molecule is Cc1[nH]c2ccccc2c1CC(=O)NCC(=O)OCc1ccccc1. The predicted octanol–water partition coefficient (Wildman–Crippen LogP) is 2.88. The number of H-pyrrole nitrogens is 1. The molecule has 5 nitrogen and oxygen atoms in total. The van der Waals surface area contributed by atoms with Gasteiger partial charge in [0, 0.05) is 16.6 Å². The predicted molar refractivity (Wildman–Crippen MR) is 96.0 cm³/mol. The van der Waals surface area contributed by atoms with Gasteiger partial charge in [0.25, 0.3) is 0 Å². The van der Waals surface area contributed by atoms with Crippen LogP contribution in [-0.4, -0.2) is 23.4 Å². The molecule has 0 saturated carbocycles. The van der Waals surface area contributed by atoms with Gasteiger partial charge in [-0.1, -0.05) is 48.5 Å². The third-order valence-electron chi connectivity index (χ3n) is 4.04. The second-order valence-electron chi connectivity index (χ2n) is 5.87. The number of hydrogen-bond donors (Lipinski definition) is 2. The van der Waals surface area contributed by atoms with Crippen molar-refractivity contribution in [3.8, 4) is 0 Å². The van der Waals surface area contributed by atoms with E-state index in [-0.39, 0.29) is 25.5 Å². The summed E-state index contributed by atoms with van der Waals surface area (Å²) >= 11 is 0. The quantitative estimate of drug-likeness (QED) is 0.680. The highest BCUT2D eigenvalue weighted by atomic mass is 16.5. The lowest BCUT2D eigenvalue weighted by atomic mass is 10.1. The van der Waals surface area contributed by atoms with Crippen molar-refractivity contribution in [3.63, 3.8) is 0 Å². The van der Waals surface area contributed by atoms with Gasteiger partial charge in [0.15, 0.2) is 0 Å². The van der Waals surface area contributed by atoms with Crippen LogP contribution in [0.4, 0.5) is 0 Å². The van der Waals surface area contributed by atoms with Gasteiger partial charge in [-0.05, 0) is 24.1 Å². The standard InChI is InChI=1S/C20H20N2O3/c1-14-17(16-9-5-6-10-18(16)22-14)11-19(23)21-12-20(24)25-13-15-7-3-2-4-8-15/h2-10,22H,11-13H2,1H3,(H,21,23). The summed E-state index contributed by atoms with van der Waals surface area (Å²) < 4.78 is 5.15. The van der Waals surface area contributed by atoms with Crippen molar-refractivity contribution in [2.75, 3.05) is 6.54 Å². The first kappa shape index (κ1) is 16.8. The van der Waals surface area contributed by atoms with Crippen molar-refractivity contribution < 1.29 is 14.3 Å². The zero-order valence-electron chi connectivity index (χ0n) is 14.0. The number of amides is 1. The summed E-state index contributed by atoms with van der Waals surface area (Å²) in [7, 11) is 0. The third kappa shape index (κ3) is 4.26. The number of esters is 1. The van der Waals surface area contributed by atoms with Crippen molar-refractivity contribution in [3.05, 3.63) is 71.4 Å². The van der Waals surface area contributed by atoms with Crippen LogP contribution in [0.5, 0.6) is 0 Å². The monoisotopic (exact) mass is 336 g/mol. The Morgan fingerprint density at radius 1 is 1.04 bits per heavy atom. The number of aryl methyl sites for hydroxylation is 1. The largest absolute Gasteiger partial charge is 0.460 e. The van der Waals surface area contributed by atoms with Crippen molar-refractivity contribution in [2.45, 2.75) is 20.0 Å². The fourth-order valence-electron chi connectivity index (χ4n) is 2.75. The zero-order chi connectivity index (χ0) is 17.6. The number of nitrogens with one attached hydrogen (secondary N) is 2. The number of aromatic nitrogens is 1. The summed E-state index contributed by atoms with van der Waals surface area (Å²) in [6, 6.07) is 17.3. The Morgan fingerprint density at radius 2 is 1.76 bits per heavy atom. The lowest BCUT2D eigenvalue weighted by molar-refractivity contribution is -0.145. The van der Waals surface area contributed by atoms with Crippen LogP contribution in [0.25, 0.3) is 10.9 Å². The first-order valence-electron chi connectivity index (χ1n) is 8.16. The molecule has 0 radical (unpaired) electrons. The number of ether oxygens (including phenoxy) is 1. The van der Waals surface area contributed by atoms with Gasteiger partial charge in [-0.2, -0.15) is 0 Å². The average Bonchev–Trinajstić information content (AvgIpc) is 2.94. The van der Waals surface area contributed by atoms with Crippen LogP contribution >= 0.6 is 0 Å². The minimum Gasteiger partial charge on any atom is -0.460 e. The second-order valence-corrected chi connectivity index (χ2v) is 5.87. The molecule has 2 N–H and O–H groups in total. The Morgan fingerprint density at radius 3 is 2.56 bits per heavy atom. The number of para-hydroxylation sites is 1. The van der Waals surface area contributed by atoms with Crippen LogP contribution in [0.3, 0.4) is 0 Å². The molecule has 0 saturated heterocycles. The minimum atomic E-state index is -0.451. The fraction of sp³-hybridized carbons (Fsp3) is 0.200. The summed E-state index contributed by atoms with van der Waals surface area (Å²) in [5.41, 5.74) is 3.83. The Kier molecular flexibility index (Phi) is 5.14. The van der Waals surface area contributed by atoms with Gasteiger partial charge in [0.1, 0.15) is 13.2 Å². The highest BCUT2D eigenvalue weighted by Gasteiger charge is 2.13. The van der Waals surface area contributed by atoms with E-state index >= 15 is 0 Å². The smallest absolute Gasteiger partial charge is 0.325 e. The van der Waals surface area contributed by atoms with E-state index in [1.807, 2.05) is 61.5 Å². The van der Waals surface area contributed by atoms with Crippen LogP contribution in [0, 0.1) is 6.92 Å². The summed E-state index contributed by atoms with van der Waals surface area (Å²) in [5.74, 6) is -0.655. The Bertz CT molecular complexity index is 884.